The first-order valence-corrected chi connectivity index (χ1v) is 7.07. The highest BCUT2D eigenvalue weighted by molar-refractivity contribution is 5.81. The van der Waals surface area contributed by atoms with Crippen molar-refractivity contribution in [3.05, 3.63) is 0 Å². The lowest BCUT2D eigenvalue weighted by Gasteiger charge is -2.52. The Morgan fingerprint density at radius 1 is 1.28 bits per heavy atom. The second kappa shape index (κ2) is 6.02. The Bertz CT molecular complexity index is 283. The average Bonchev–Trinajstić information content (AvgIpc) is 2.22. The number of rotatable bonds is 6. The maximum atomic E-state index is 11.9. The van der Waals surface area contributed by atoms with Crippen LogP contribution in [0.4, 0.5) is 0 Å². The minimum Gasteiger partial charge on any atom is -0.355 e. The van der Waals surface area contributed by atoms with E-state index >= 15 is 0 Å². The summed E-state index contributed by atoms with van der Waals surface area (Å²) in [7, 11) is 0. The van der Waals surface area contributed by atoms with E-state index in [-0.39, 0.29) is 17.5 Å². The molecular weight excluding hydrogens is 226 g/mol. The fourth-order valence-electron chi connectivity index (χ4n) is 2.15. The zero-order valence-electron chi connectivity index (χ0n) is 12.5. The van der Waals surface area contributed by atoms with Crippen molar-refractivity contribution in [3.8, 4) is 0 Å². The third-order valence-corrected chi connectivity index (χ3v) is 4.09. The average molecular weight is 255 g/mol. The zero-order valence-corrected chi connectivity index (χ0v) is 12.5. The highest BCUT2D eigenvalue weighted by atomic mass is 16.2. The van der Waals surface area contributed by atoms with Crippen LogP contribution in [0.25, 0.3) is 0 Å². The van der Waals surface area contributed by atoms with Crippen LogP contribution < -0.4 is 11.1 Å². The van der Waals surface area contributed by atoms with Gasteiger partial charge in [-0.15, -0.1) is 0 Å². The first-order valence-electron chi connectivity index (χ1n) is 7.07. The number of carbonyl (C=O) groups is 1. The molecule has 106 valence electrons. The predicted octanol–water partition coefficient (Wildman–Crippen LogP) is 1.21. The first kappa shape index (κ1) is 15.4. The number of hydrogen-bond donors (Lipinski definition) is 2. The number of amides is 1. The van der Waals surface area contributed by atoms with Crippen molar-refractivity contribution in [1.82, 2.24) is 10.2 Å². The Morgan fingerprint density at radius 3 is 2.28 bits per heavy atom. The predicted molar refractivity (Wildman–Crippen MR) is 75.3 cm³/mol. The largest absolute Gasteiger partial charge is 0.355 e. The Balaban J connectivity index is 2.30. The van der Waals surface area contributed by atoms with Gasteiger partial charge in [0.15, 0.2) is 0 Å². The first-order chi connectivity index (χ1) is 8.26. The van der Waals surface area contributed by atoms with Crippen molar-refractivity contribution >= 4 is 5.91 Å². The third kappa shape index (κ3) is 3.69. The summed E-state index contributed by atoms with van der Waals surface area (Å²) >= 11 is 0. The standard InChI is InChI=1S/C14H29N3O/c1-10(2)6-7-16-13(18)12(5)17-8-14(15,9-17)11(3)4/h10-12H,6-9,15H2,1-5H3,(H,16,18). The van der Waals surface area contributed by atoms with Crippen molar-refractivity contribution in [2.24, 2.45) is 17.6 Å². The molecule has 4 heteroatoms. The van der Waals surface area contributed by atoms with E-state index in [1.165, 1.54) is 0 Å². The molecule has 0 bridgehead atoms. The molecule has 3 N–H and O–H groups in total. The monoisotopic (exact) mass is 255 g/mol. The second-order valence-corrected chi connectivity index (χ2v) is 6.44. The van der Waals surface area contributed by atoms with Crippen LogP contribution in [0.3, 0.4) is 0 Å². The van der Waals surface area contributed by atoms with Gasteiger partial charge in [-0.1, -0.05) is 27.7 Å². The smallest absolute Gasteiger partial charge is 0.237 e. The molecule has 0 saturated carbocycles. The molecule has 1 saturated heterocycles. The van der Waals surface area contributed by atoms with Crippen molar-refractivity contribution < 1.29 is 4.79 Å². The van der Waals surface area contributed by atoms with Crippen molar-refractivity contribution in [1.29, 1.82) is 0 Å². The molecule has 1 rings (SSSR count). The molecule has 0 radical (unpaired) electrons. The van der Waals surface area contributed by atoms with E-state index in [0.717, 1.165) is 26.1 Å². The molecule has 0 aromatic carbocycles. The number of nitrogens with one attached hydrogen (secondary N) is 1. The van der Waals surface area contributed by atoms with Crippen LogP contribution >= 0.6 is 0 Å². The molecule has 0 aromatic heterocycles. The van der Waals surface area contributed by atoms with Crippen LogP contribution in [-0.2, 0) is 4.79 Å². The highest BCUT2D eigenvalue weighted by Crippen LogP contribution is 2.27. The summed E-state index contributed by atoms with van der Waals surface area (Å²) in [6, 6.07) is -0.0624. The van der Waals surface area contributed by atoms with Gasteiger partial charge in [0.05, 0.1) is 6.04 Å². The molecular formula is C14H29N3O. The SMILES string of the molecule is CC(C)CCNC(=O)C(C)N1CC(N)(C(C)C)C1. The summed E-state index contributed by atoms with van der Waals surface area (Å²) in [6.45, 7) is 13.0. The number of likely N-dealkylation sites (tertiary alicyclic amines) is 1. The number of nitrogens with zero attached hydrogens (tertiary/aromatic N) is 1. The van der Waals surface area contributed by atoms with Crippen LogP contribution in [-0.4, -0.2) is 42.0 Å². The van der Waals surface area contributed by atoms with Crippen LogP contribution in [0.1, 0.15) is 41.0 Å². The van der Waals surface area contributed by atoms with Gasteiger partial charge in [-0.2, -0.15) is 0 Å². The van der Waals surface area contributed by atoms with E-state index < -0.39 is 0 Å². The molecule has 18 heavy (non-hydrogen) atoms. The van der Waals surface area contributed by atoms with E-state index in [9.17, 15) is 4.79 Å². The van der Waals surface area contributed by atoms with Gasteiger partial charge in [-0.3, -0.25) is 9.69 Å². The summed E-state index contributed by atoms with van der Waals surface area (Å²) in [5, 5.41) is 3.00. The summed E-state index contributed by atoms with van der Waals surface area (Å²) < 4.78 is 0. The maximum absolute atomic E-state index is 11.9. The molecule has 1 unspecified atom stereocenters. The molecule has 1 aliphatic heterocycles. The second-order valence-electron chi connectivity index (χ2n) is 6.44. The summed E-state index contributed by atoms with van der Waals surface area (Å²) in [4.78, 5) is 14.1. The maximum Gasteiger partial charge on any atom is 0.237 e. The van der Waals surface area contributed by atoms with Crippen LogP contribution in [0.5, 0.6) is 0 Å². The topological polar surface area (TPSA) is 58.4 Å². The van der Waals surface area contributed by atoms with Gasteiger partial charge in [0.2, 0.25) is 5.91 Å². The van der Waals surface area contributed by atoms with Crippen molar-refractivity contribution in [3.63, 3.8) is 0 Å². The normalized spacial score (nSPS) is 20.9. The Morgan fingerprint density at radius 2 is 1.83 bits per heavy atom. The van der Waals surface area contributed by atoms with E-state index in [0.29, 0.717) is 11.8 Å². The van der Waals surface area contributed by atoms with Gasteiger partial charge < -0.3 is 11.1 Å². The summed E-state index contributed by atoms with van der Waals surface area (Å²) in [6.07, 6.45) is 1.03. The summed E-state index contributed by atoms with van der Waals surface area (Å²) in [5.41, 5.74) is 6.14. The Kier molecular flexibility index (Phi) is 5.17. The van der Waals surface area contributed by atoms with E-state index in [1.807, 2.05) is 6.92 Å². The molecule has 1 amide bonds. The van der Waals surface area contributed by atoms with Crippen LogP contribution in [0.2, 0.25) is 0 Å². The lowest BCUT2D eigenvalue weighted by molar-refractivity contribution is -0.129. The van der Waals surface area contributed by atoms with Gasteiger partial charge in [0.25, 0.3) is 0 Å². The van der Waals surface area contributed by atoms with E-state index in [2.05, 4.69) is 37.9 Å². The molecule has 0 spiro atoms. The van der Waals surface area contributed by atoms with Crippen molar-refractivity contribution in [2.75, 3.05) is 19.6 Å². The minimum absolute atomic E-state index is 0.0624. The molecule has 1 atom stereocenters. The van der Waals surface area contributed by atoms with Gasteiger partial charge in [-0.05, 0) is 25.2 Å². The Hall–Kier alpha value is -0.610. The van der Waals surface area contributed by atoms with Gasteiger partial charge in [0.1, 0.15) is 0 Å². The third-order valence-electron chi connectivity index (χ3n) is 4.09. The Labute approximate surface area is 111 Å². The van der Waals surface area contributed by atoms with Gasteiger partial charge in [0, 0.05) is 25.2 Å². The van der Waals surface area contributed by atoms with Gasteiger partial charge in [-0.25, -0.2) is 0 Å². The summed E-state index contributed by atoms with van der Waals surface area (Å²) in [5.74, 6) is 1.22. The minimum atomic E-state index is -0.105. The molecule has 4 nitrogen and oxygen atoms in total. The lowest BCUT2D eigenvalue weighted by atomic mass is 9.79. The fourth-order valence-corrected chi connectivity index (χ4v) is 2.15. The molecule has 1 fully saturated rings. The van der Waals surface area contributed by atoms with Gasteiger partial charge >= 0.3 is 0 Å². The molecule has 0 aliphatic carbocycles. The van der Waals surface area contributed by atoms with Crippen molar-refractivity contribution in [2.45, 2.75) is 52.6 Å². The van der Waals surface area contributed by atoms with E-state index in [1.54, 1.807) is 0 Å². The molecule has 0 aromatic rings. The molecule has 1 heterocycles. The highest BCUT2D eigenvalue weighted by Gasteiger charge is 2.44. The van der Waals surface area contributed by atoms with Crippen LogP contribution in [0, 0.1) is 11.8 Å². The number of carbonyl (C=O) groups excluding carboxylic acids is 1. The quantitative estimate of drug-likeness (QED) is 0.750. The number of nitrogens with two attached hydrogens (primary N) is 1. The number of hydrogen-bond acceptors (Lipinski definition) is 3. The molecule has 1 aliphatic rings. The zero-order chi connectivity index (χ0) is 13.9. The lowest BCUT2D eigenvalue weighted by Crippen LogP contribution is -2.72. The van der Waals surface area contributed by atoms with E-state index in [4.69, 9.17) is 5.73 Å². The van der Waals surface area contributed by atoms with Crippen LogP contribution in [0.15, 0.2) is 0 Å². The fraction of sp³-hybridized carbons (Fsp3) is 0.929.